The third kappa shape index (κ3) is 6.06. The zero-order valence-corrected chi connectivity index (χ0v) is 17.5. The molecule has 1 aromatic heterocycles. The van der Waals surface area contributed by atoms with Crippen molar-refractivity contribution in [2.75, 3.05) is 31.2 Å². The van der Waals surface area contributed by atoms with E-state index in [-0.39, 0.29) is 12.1 Å². The Balaban J connectivity index is 1.38. The first-order chi connectivity index (χ1) is 15.3. The maximum atomic E-state index is 12.7. The average Bonchev–Trinajstić information content (AvgIpc) is 2.84. The number of nitrogens with zero attached hydrogens (tertiary/aromatic N) is 2. The molecule has 1 aliphatic heterocycles. The van der Waals surface area contributed by atoms with E-state index in [2.05, 4.69) is 32.7 Å². The summed E-state index contributed by atoms with van der Waals surface area (Å²) in [6.45, 7) is 3.55. The van der Waals surface area contributed by atoms with E-state index in [1.165, 1.54) is 5.56 Å². The van der Waals surface area contributed by atoms with E-state index >= 15 is 0 Å². The van der Waals surface area contributed by atoms with Gasteiger partial charge in [-0.1, -0.05) is 60.7 Å². The van der Waals surface area contributed by atoms with Crippen LogP contribution >= 0.6 is 0 Å². The number of ether oxygens (including phenoxy) is 1. The molecule has 2 aromatic carbocycles. The van der Waals surface area contributed by atoms with Gasteiger partial charge in [-0.15, -0.1) is 0 Å². The predicted octanol–water partition coefficient (Wildman–Crippen LogP) is 3.70. The van der Waals surface area contributed by atoms with E-state index in [1.807, 2.05) is 60.7 Å². The second-order valence-electron chi connectivity index (χ2n) is 7.60. The summed E-state index contributed by atoms with van der Waals surface area (Å²) in [4.78, 5) is 19.4. The first kappa shape index (κ1) is 20.9. The maximum absolute atomic E-state index is 12.7. The molecule has 0 bridgehead atoms. The zero-order chi connectivity index (χ0) is 21.3. The van der Waals surface area contributed by atoms with Gasteiger partial charge in [-0.05, 0) is 35.2 Å². The highest BCUT2D eigenvalue weighted by Crippen LogP contribution is 2.18. The van der Waals surface area contributed by atoms with Crippen molar-refractivity contribution >= 4 is 11.8 Å². The molecule has 3 aromatic rings. The number of rotatable bonds is 7. The number of benzene rings is 2. The minimum absolute atomic E-state index is 0.107. The van der Waals surface area contributed by atoms with Crippen LogP contribution in [0, 0.1) is 0 Å². The molecule has 2 amide bonds. The van der Waals surface area contributed by atoms with Gasteiger partial charge in [0.2, 0.25) is 0 Å². The average molecular weight is 417 g/mol. The second kappa shape index (κ2) is 10.6. The molecular weight excluding hydrogens is 388 g/mol. The standard InChI is InChI=1S/C25H28N4O2/c30-25(27-19-21-11-12-26-24(18-21)29-13-15-31-16-14-29)28-23(22-9-5-2-6-10-22)17-20-7-3-1-4-8-20/h1-12,18,23H,13-17,19H2,(H2,27,28,30). The fourth-order valence-electron chi connectivity index (χ4n) is 3.71. The molecule has 6 nitrogen and oxygen atoms in total. The van der Waals surface area contributed by atoms with E-state index in [4.69, 9.17) is 4.74 Å². The van der Waals surface area contributed by atoms with Crippen molar-refractivity contribution in [3.8, 4) is 0 Å². The fraction of sp³-hybridized carbons (Fsp3) is 0.280. The minimum atomic E-state index is -0.186. The zero-order valence-electron chi connectivity index (χ0n) is 17.5. The van der Waals surface area contributed by atoms with Crippen molar-refractivity contribution < 1.29 is 9.53 Å². The summed E-state index contributed by atoms with van der Waals surface area (Å²) >= 11 is 0. The lowest BCUT2D eigenvalue weighted by Gasteiger charge is -2.28. The Morgan fingerprint density at radius 3 is 2.42 bits per heavy atom. The van der Waals surface area contributed by atoms with Crippen LogP contribution in [0.15, 0.2) is 79.0 Å². The van der Waals surface area contributed by atoms with Crippen molar-refractivity contribution in [2.45, 2.75) is 19.0 Å². The molecule has 1 fully saturated rings. The Morgan fingerprint density at radius 1 is 0.968 bits per heavy atom. The molecule has 1 saturated heterocycles. The van der Waals surface area contributed by atoms with Gasteiger partial charge in [0.1, 0.15) is 5.82 Å². The van der Waals surface area contributed by atoms with Crippen LogP contribution in [0.5, 0.6) is 0 Å². The topological polar surface area (TPSA) is 66.5 Å². The molecule has 0 saturated carbocycles. The molecule has 1 unspecified atom stereocenters. The lowest BCUT2D eigenvalue weighted by molar-refractivity contribution is 0.122. The van der Waals surface area contributed by atoms with Crippen molar-refractivity contribution in [2.24, 2.45) is 0 Å². The number of morpholine rings is 1. The Morgan fingerprint density at radius 2 is 1.68 bits per heavy atom. The summed E-state index contributed by atoms with van der Waals surface area (Å²) in [5, 5.41) is 6.13. The maximum Gasteiger partial charge on any atom is 0.315 e. The van der Waals surface area contributed by atoms with Crippen molar-refractivity contribution in [3.63, 3.8) is 0 Å². The number of urea groups is 1. The summed E-state index contributed by atoms with van der Waals surface area (Å²) in [6, 6.07) is 24.0. The third-order valence-electron chi connectivity index (χ3n) is 5.39. The summed E-state index contributed by atoms with van der Waals surface area (Å²) in [6.07, 6.45) is 2.52. The molecule has 1 aliphatic rings. The van der Waals surface area contributed by atoms with Crippen molar-refractivity contribution in [1.82, 2.24) is 15.6 Å². The van der Waals surface area contributed by atoms with Crippen LogP contribution in [0.2, 0.25) is 0 Å². The SMILES string of the molecule is O=C(NCc1ccnc(N2CCOCC2)c1)NC(Cc1ccccc1)c1ccccc1. The first-order valence-electron chi connectivity index (χ1n) is 10.7. The van der Waals surface area contributed by atoms with Crippen LogP contribution < -0.4 is 15.5 Å². The van der Waals surface area contributed by atoms with Crippen LogP contribution in [0.1, 0.15) is 22.7 Å². The van der Waals surface area contributed by atoms with Gasteiger partial charge in [0.15, 0.2) is 0 Å². The molecule has 31 heavy (non-hydrogen) atoms. The van der Waals surface area contributed by atoms with E-state index in [1.54, 1.807) is 6.20 Å². The van der Waals surface area contributed by atoms with E-state index in [0.29, 0.717) is 6.54 Å². The van der Waals surface area contributed by atoms with Crippen LogP contribution in [0.25, 0.3) is 0 Å². The number of anilines is 1. The van der Waals surface area contributed by atoms with Gasteiger partial charge in [0.25, 0.3) is 0 Å². The largest absolute Gasteiger partial charge is 0.378 e. The number of hydrogen-bond donors (Lipinski definition) is 2. The normalized spacial score (nSPS) is 14.6. The lowest BCUT2D eigenvalue weighted by atomic mass is 9.99. The predicted molar refractivity (Wildman–Crippen MR) is 122 cm³/mol. The monoisotopic (exact) mass is 416 g/mol. The molecule has 2 heterocycles. The van der Waals surface area contributed by atoms with E-state index in [0.717, 1.165) is 49.7 Å². The van der Waals surface area contributed by atoms with Gasteiger partial charge in [-0.3, -0.25) is 0 Å². The quantitative estimate of drug-likeness (QED) is 0.616. The number of amides is 2. The molecular formula is C25H28N4O2. The van der Waals surface area contributed by atoms with Crippen LogP contribution in [0.4, 0.5) is 10.6 Å². The number of carbonyl (C=O) groups excluding carboxylic acids is 1. The number of hydrogen-bond acceptors (Lipinski definition) is 4. The number of nitrogens with one attached hydrogen (secondary N) is 2. The molecule has 6 heteroatoms. The summed E-state index contributed by atoms with van der Waals surface area (Å²) < 4.78 is 5.41. The molecule has 160 valence electrons. The summed E-state index contributed by atoms with van der Waals surface area (Å²) in [7, 11) is 0. The number of aromatic nitrogens is 1. The Labute approximate surface area is 183 Å². The molecule has 4 rings (SSSR count). The summed E-state index contributed by atoms with van der Waals surface area (Å²) in [5.41, 5.74) is 3.28. The van der Waals surface area contributed by atoms with Gasteiger partial charge in [0.05, 0.1) is 19.3 Å². The number of carbonyl (C=O) groups is 1. The second-order valence-corrected chi connectivity index (χ2v) is 7.60. The van der Waals surface area contributed by atoms with Gasteiger partial charge in [0, 0.05) is 25.8 Å². The molecule has 0 aliphatic carbocycles. The van der Waals surface area contributed by atoms with Crippen LogP contribution in [-0.4, -0.2) is 37.3 Å². The molecule has 0 radical (unpaired) electrons. The van der Waals surface area contributed by atoms with Crippen molar-refractivity contribution in [1.29, 1.82) is 0 Å². The molecule has 0 spiro atoms. The Hall–Kier alpha value is -3.38. The Kier molecular flexibility index (Phi) is 7.13. The van der Waals surface area contributed by atoms with Gasteiger partial charge in [-0.2, -0.15) is 0 Å². The minimum Gasteiger partial charge on any atom is -0.378 e. The molecule has 2 N–H and O–H groups in total. The highest BCUT2D eigenvalue weighted by atomic mass is 16.5. The number of pyridine rings is 1. The van der Waals surface area contributed by atoms with E-state index in [9.17, 15) is 4.79 Å². The van der Waals surface area contributed by atoms with Crippen molar-refractivity contribution in [3.05, 3.63) is 95.7 Å². The first-order valence-corrected chi connectivity index (χ1v) is 10.7. The highest BCUT2D eigenvalue weighted by Gasteiger charge is 2.16. The van der Waals surface area contributed by atoms with Crippen LogP contribution in [0.3, 0.4) is 0 Å². The highest BCUT2D eigenvalue weighted by molar-refractivity contribution is 5.74. The summed E-state index contributed by atoms with van der Waals surface area (Å²) in [5.74, 6) is 0.925. The van der Waals surface area contributed by atoms with Crippen LogP contribution in [-0.2, 0) is 17.7 Å². The van der Waals surface area contributed by atoms with Gasteiger partial charge >= 0.3 is 6.03 Å². The Bertz CT molecular complexity index is 960. The molecule has 1 atom stereocenters. The van der Waals surface area contributed by atoms with Gasteiger partial charge < -0.3 is 20.3 Å². The third-order valence-corrected chi connectivity index (χ3v) is 5.39. The smallest absolute Gasteiger partial charge is 0.315 e. The van der Waals surface area contributed by atoms with E-state index < -0.39 is 0 Å². The lowest BCUT2D eigenvalue weighted by Crippen LogP contribution is -2.38. The fourth-order valence-corrected chi connectivity index (χ4v) is 3.71. The van der Waals surface area contributed by atoms with Gasteiger partial charge in [-0.25, -0.2) is 9.78 Å².